The standard InChI is InChI=1S/C18H20F2N6O/c1-11-3-5-24(17(27)25-9-18(19,20)10-25)8-13(11)16-23-7-12-6-22-15-14(26(12)16)2-4-21-15/h2,4,6-7,11,13,21H,3,5,8-10H2,1H3/t11-,13+/m1/s1. The fourth-order valence-electron chi connectivity index (χ4n) is 4.19. The maximum absolute atomic E-state index is 13.1. The Hall–Kier alpha value is -2.71. The first kappa shape index (κ1) is 16.5. The number of imidazole rings is 1. The van der Waals surface area contributed by atoms with Gasteiger partial charge in [-0.05, 0) is 18.4 Å². The summed E-state index contributed by atoms with van der Waals surface area (Å²) in [6.07, 6.45) is 6.22. The Balaban J connectivity index is 1.46. The molecule has 2 atom stereocenters. The average Bonchev–Trinajstić information content (AvgIpc) is 3.25. The minimum absolute atomic E-state index is 0.0347. The second kappa shape index (κ2) is 5.64. The Morgan fingerprint density at radius 3 is 2.81 bits per heavy atom. The van der Waals surface area contributed by atoms with Gasteiger partial charge in [-0.15, -0.1) is 0 Å². The number of amides is 2. The molecule has 0 saturated carbocycles. The molecule has 1 N–H and O–H groups in total. The molecule has 5 heterocycles. The molecule has 3 aromatic heterocycles. The third-order valence-electron chi connectivity index (χ3n) is 5.76. The third kappa shape index (κ3) is 2.55. The topological polar surface area (TPSA) is 69.5 Å². The van der Waals surface area contributed by atoms with Gasteiger partial charge in [-0.25, -0.2) is 23.5 Å². The number of urea groups is 1. The van der Waals surface area contributed by atoms with Crippen molar-refractivity contribution in [3.8, 4) is 0 Å². The van der Waals surface area contributed by atoms with Crippen LogP contribution in [0.25, 0.3) is 16.7 Å². The quantitative estimate of drug-likeness (QED) is 0.712. The molecule has 3 aromatic rings. The summed E-state index contributed by atoms with van der Waals surface area (Å²) < 4.78 is 28.3. The largest absolute Gasteiger partial charge is 0.345 e. The summed E-state index contributed by atoms with van der Waals surface area (Å²) in [5.41, 5.74) is 2.62. The number of rotatable bonds is 1. The number of aromatic nitrogens is 4. The SMILES string of the molecule is C[C@@H]1CCN(C(=O)N2CC(F)(F)C2)C[C@@H]1c1ncc2cnc3[nH]ccc3n12. The van der Waals surface area contributed by atoms with Gasteiger partial charge in [-0.3, -0.25) is 4.40 Å². The number of hydrogen-bond acceptors (Lipinski definition) is 3. The number of carbonyl (C=O) groups excluding carboxylic acids is 1. The molecule has 27 heavy (non-hydrogen) atoms. The Morgan fingerprint density at radius 1 is 1.26 bits per heavy atom. The first-order valence-electron chi connectivity index (χ1n) is 9.14. The molecule has 142 valence electrons. The van der Waals surface area contributed by atoms with Crippen molar-refractivity contribution < 1.29 is 13.6 Å². The molecule has 0 radical (unpaired) electrons. The summed E-state index contributed by atoms with van der Waals surface area (Å²) >= 11 is 0. The maximum atomic E-state index is 13.1. The summed E-state index contributed by atoms with van der Waals surface area (Å²) in [5, 5.41) is 0. The minimum Gasteiger partial charge on any atom is -0.345 e. The lowest BCUT2D eigenvalue weighted by molar-refractivity contribution is -0.114. The smallest absolute Gasteiger partial charge is 0.320 e. The number of carbonyl (C=O) groups is 1. The van der Waals surface area contributed by atoms with E-state index in [-0.39, 0.29) is 11.9 Å². The lowest BCUT2D eigenvalue weighted by Gasteiger charge is -2.44. The van der Waals surface area contributed by atoms with E-state index in [9.17, 15) is 13.6 Å². The number of likely N-dealkylation sites (tertiary alicyclic amines) is 2. The van der Waals surface area contributed by atoms with Crippen molar-refractivity contribution in [2.75, 3.05) is 26.2 Å². The van der Waals surface area contributed by atoms with Crippen LogP contribution in [0.15, 0.2) is 24.7 Å². The van der Waals surface area contributed by atoms with Crippen LogP contribution < -0.4 is 0 Å². The summed E-state index contributed by atoms with van der Waals surface area (Å²) in [4.78, 5) is 27.6. The zero-order valence-electron chi connectivity index (χ0n) is 14.9. The fourth-order valence-corrected chi connectivity index (χ4v) is 4.19. The molecule has 2 amide bonds. The van der Waals surface area contributed by atoms with Gasteiger partial charge in [0.25, 0.3) is 5.92 Å². The highest BCUT2D eigenvalue weighted by Gasteiger charge is 2.48. The zero-order chi connectivity index (χ0) is 18.8. The number of aromatic amines is 1. The van der Waals surface area contributed by atoms with Crippen molar-refractivity contribution in [2.45, 2.75) is 25.2 Å². The summed E-state index contributed by atoms with van der Waals surface area (Å²) in [6, 6.07) is 1.66. The van der Waals surface area contributed by atoms with Crippen LogP contribution in [0.4, 0.5) is 13.6 Å². The summed E-state index contributed by atoms with van der Waals surface area (Å²) in [5.74, 6) is -1.49. The molecule has 2 aliphatic rings. The van der Waals surface area contributed by atoms with E-state index in [4.69, 9.17) is 0 Å². The molecule has 0 unspecified atom stereocenters. The van der Waals surface area contributed by atoms with Gasteiger partial charge in [-0.1, -0.05) is 6.92 Å². The highest BCUT2D eigenvalue weighted by Crippen LogP contribution is 2.35. The van der Waals surface area contributed by atoms with E-state index in [1.807, 2.05) is 12.3 Å². The molecule has 2 fully saturated rings. The summed E-state index contributed by atoms with van der Waals surface area (Å²) in [7, 11) is 0. The Morgan fingerprint density at radius 2 is 2.04 bits per heavy atom. The molecule has 9 heteroatoms. The molecule has 0 spiro atoms. The number of piperidine rings is 1. The molecule has 0 aromatic carbocycles. The van der Waals surface area contributed by atoms with E-state index in [1.165, 1.54) is 4.90 Å². The maximum Gasteiger partial charge on any atom is 0.320 e. The van der Waals surface area contributed by atoms with Gasteiger partial charge in [-0.2, -0.15) is 0 Å². The summed E-state index contributed by atoms with van der Waals surface area (Å²) in [6.45, 7) is 2.26. The van der Waals surface area contributed by atoms with E-state index in [2.05, 4.69) is 26.3 Å². The molecular formula is C18H20F2N6O. The number of hydrogen-bond donors (Lipinski definition) is 1. The third-order valence-corrected chi connectivity index (χ3v) is 5.76. The predicted molar refractivity (Wildman–Crippen MR) is 94.9 cm³/mol. The van der Waals surface area contributed by atoms with Crippen LogP contribution in [-0.2, 0) is 0 Å². The normalized spacial score (nSPS) is 25.1. The van der Waals surface area contributed by atoms with Gasteiger partial charge in [0.2, 0.25) is 0 Å². The lowest BCUT2D eigenvalue weighted by Crippen LogP contribution is -2.62. The number of alkyl halides is 2. The van der Waals surface area contributed by atoms with Crippen LogP contribution in [0.5, 0.6) is 0 Å². The first-order valence-corrected chi connectivity index (χ1v) is 9.14. The highest BCUT2D eigenvalue weighted by atomic mass is 19.3. The van der Waals surface area contributed by atoms with Crippen molar-refractivity contribution in [1.82, 2.24) is 29.2 Å². The van der Waals surface area contributed by atoms with Gasteiger partial charge in [0.15, 0.2) is 5.65 Å². The second-order valence-corrected chi connectivity index (χ2v) is 7.66. The average molecular weight is 374 g/mol. The van der Waals surface area contributed by atoms with Crippen LogP contribution in [-0.4, -0.2) is 67.3 Å². The number of fused-ring (bicyclic) bond motifs is 3. The number of nitrogens with one attached hydrogen (secondary N) is 1. The predicted octanol–water partition coefficient (Wildman–Crippen LogP) is 2.71. The van der Waals surface area contributed by atoms with E-state index in [0.717, 1.165) is 28.9 Å². The van der Waals surface area contributed by atoms with Crippen molar-refractivity contribution in [3.63, 3.8) is 0 Å². The van der Waals surface area contributed by atoms with Gasteiger partial charge in [0.05, 0.1) is 36.5 Å². The molecule has 5 rings (SSSR count). The molecule has 2 aliphatic heterocycles. The van der Waals surface area contributed by atoms with Gasteiger partial charge in [0.1, 0.15) is 5.82 Å². The Labute approximate surface area is 154 Å². The fraction of sp³-hybridized carbons (Fsp3) is 0.500. The van der Waals surface area contributed by atoms with Crippen molar-refractivity contribution in [1.29, 1.82) is 0 Å². The van der Waals surface area contributed by atoms with Crippen LogP contribution in [0.3, 0.4) is 0 Å². The molecule has 0 bridgehead atoms. The monoisotopic (exact) mass is 374 g/mol. The second-order valence-electron chi connectivity index (χ2n) is 7.66. The van der Waals surface area contributed by atoms with Crippen molar-refractivity contribution in [3.05, 3.63) is 30.5 Å². The van der Waals surface area contributed by atoms with E-state index >= 15 is 0 Å². The van der Waals surface area contributed by atoms with Crippen molar-refractivity contribution >= 4 is 22.7 Å². The lowest BCUT2D eigenvalue weighted by atomic mass is 9.86. The van der Waals surface area contributed by atoms with Crippen LogP contribution in [0, 0.1) is 5.92 Å². The van der Waals surface area contributed by atoms with Crippen LogP contribution in [0.1, 0.15) is 25.1 Å². The van der Waals surface area contributed by atoms with Crippen LogP contribution >= 0.6 is 0 Å². The van der Waals surface area contributed by atoms with E-state index in [0.29, 0.717) is 19.0 Å². The first-order chi connectivity index (χ1) is 12.9. The van der Waals surface area contributed by atoms with Gasteiger partial charge in [0, 0.05) is 25.2 Å². The Kier molecular flexibility index (Phi) is 3.44. The van der Waals surface area contributed by atoms with E-state index < -0.39 is 19.0 Å². The van der Waals surface area contributed by atoms with Crippen molar-refractivity contribution in [2.24, 2.45) is 5.92 Å². The van der Waals surface area contributed by atoms with Gasteiger partial charge < -0.3 is 14.8 Å². The molecule has 2 saturated heterocycles. The van der Waals surface area contributed by atoms with Gasteiger partial charge >= 0.3 is 6.03 Å². The molecular weight excluding hydrogens is 354 g/mol. The number of nitrogens with zero attached hydrogens (tertiary/aromatic N) is 5. The Bertz CT molecular complexity index is 1020. The molecule has 0 aliphatic carbocycles. The number of H-pyrrole nitrogens is 1. The highest BCUT2D eigenvalue weighted by molar-refractivity contribution is 5.76. The van der Waals surface area contributed by atoms with E-state index in [1.54, 1.807) is 17.3 Å². The number of halogens is 2. The molecule has 7 nitrogen and oxygen atoms in total. The van der Waals surface area contributed by atoms with Crippen LogP contribution in [0.2, 0.25) is 0 Å². The zero-order valence-corrected chi connectivity index (χ0v) is 14.9. The minimum atomic E-state index is -2.75.